The summed E-state index contributed by atoms with van der Waals surface area (Å²) in [5, 5.41) is 2.27. The van der Waals surface area contributed by atoms with Gasteiger partial charge < -0.3 is 9.69 Å². The summed E-state index contributed by atoms with van der Waals surface area (Å²) < 4.78 is 0. The van der Waals surface area contributed by atoms with Gasteiger partial charge in [0, 0.05) is 24.9 Å². The number of hydrogen-bond acceptors (Lipinski definition) is 4. The standard InChI is InChI=1S/C15H14N2O4/c18-6-5-9-1-2-11-10(7-9)8-17(15(11)21)12-3-4-13(19)16-14(12)20/h1-2,6-7,12H,3-5,8H2,(H,16,19,20). The van der Waals surface area contributed by atoms with Gasteiger partial charge in [0.25, 0.3) is 5.91 Å². The quantitative estimate of drug-likeness (QED) is 0.635. The summed E-state index contributed by atoms with van der Waals surface area (Å²) in [5.41, 5.74) is 2.24. The number of benzene rings is 1. The lowest BCUT2D eigenvalue weighted by Gasteiger charge is -2.29. The summed E-state index contributed by atoms with van der Waals surface area (Å²) >= 11 is 0. The van der Waals surface area contributed by atoms with Crippen LogP contribution in [0.15, 0.2) is 18.2 Å². The maximum Gasteiger partial charge on any atom is 0.255 e. The van der Waals surface area contributed by atoms with Crippen molar-refractivity contribution in [1.82, 2.24) is 10.2 Å². The van der Waals surface area contributed by atoms with E-state index in [2.05, 4.69) is 5.32 Å². The number of carbonyl (C=O) groups excluding carboxylic acids is 4. The van der Waals surface area contributed by atoms with Crippen molar-refractivity contribution in [3.63, 3.8) is 0 Å². The predicted octanol–water partition coefficient (Wildman–Crippen LogP) is 0.189. The Bertz CT molecular complexity index is 653. The number of imide groups is 1. The van der Waals surface area contributed by atoms with Crippen molar-refractivity contribution in [3.05, 3.63) is 34.9 Å². The highest BCUT2D eigenvalue weighted by molar-refractivity contribution is 6.05. The molecule has 1 saturated heterocycles. The number of rotatable bonds is 3. The van der Waals surface area contributed by atoms with Crippen molar-refractivity contribution in [3.8, 4) is 0 Å². The molecule has 2 heterocycles. The molecule has 0 bridgehead atoms. The summed E-state index contributed by atoms with van der Waals surface area (Å²) in [7, 11) is 0. The van der Waals surface area contributed by atoms with Crippen LogP contribution in [0.25, 0.3) is 0 Å². The molecule has 0 radical (unpaired) electrons. The Hall–Kier alpha value is -2.50. The number of carbonyl (C=O) groups is 4. The molecule has 1 aromatic carbocycles. The van der Waals surface area contributed by atoms with Gasteiger partial charge in [-0.25, -0.2) is 0 Å². The molecule has 1 aromatic rings. The minimum absolute atomic E-state index is 0.197. The lowest BCUT2D eigenvalue weighted by molar-refractivity contribution is -0.136. The van der Waals surface area contributed by atoms with Crippen LogP contribution in [0.3, 0.4) is 0 Å². The highest BCUT2D eigenvalue weighted by Crippen LogP contribution is 2.28. The number of aldehydes is 1. The van der Waals surface area contributed by atoms with E-state index < -0.39 is 11.9 Å². The zero-order valence-electron chi connectivity index (χ0n) is 11.3. The van der Waals surface area contributed by atoms with Gasteiger partial charge in [-0.2, -0.15) is 0 Å². The molecular weight excluding hydrogens is 272 g/mol. The lowest BCUT2D eigenvalue weighted by atomic mass is 10.0. The van der Waals surface area contributed by atoms with E-state index in [4.69, 9.17) is 0 Å². The summed E-state index contributed by atoms with van der Waals surface area (Å²) in [6, 6.07) is 4.67. The highest BCUT2D eigenvalue weighted by Gasteiger charge is 2.38. The third-order valence-corrected chi connectivity index (χ3v) is 3.91. The molecule has 2 aliphatic rings. The second-order valence-corrected chi connectivity index (χ2v) is 5.26. The van der Waals surface area contributed by atoms with Crippen molar-refractivity contribution in [2.45, 2.75) is 31.8 Å². The van der Waals surface area contributed by atoms with E-state index >= 15 is 0 Å². The fourth-order valence-corrected chi connectivity index (χ4v) is 2.85. The number of piperidine rings is 1. The first kappa shape index (κ1) is 13.5. The highest BCUT2D eigenvalue weighted by atomic mass is 16.2. The molecule has 0 saturated carbocycles. The predicted molar refractivity (Wildman–Crippen MR) is 72.3 cm³/mol. The van der Waals surface area contributed by atoms with Gasteiger partial charge in [-0.05, 0) is 23.6 Å². The monoisotopic (exact) mass is 286 g/mol. The van der Waals surface area contributed by atoms with Crippen LogP contribution in [0.2, 0.25) is 0 Å². The Morgan fingerprint density at radius 2 is 2.10 bits per heavy atom. The Kier molecular flexibility index (Phi) is 3.29. The molecule has 0 aromatic heterocycles. The summed E-state index contributed by atoms with van der Waals surface area (Å²) in [6.07, 6.45) is 1.72. The molecule has 2 aliphatic heterocycles. The van der Waals surface area contributed by atoms with Gasteiger partial charge >= 0.3 is 0 Å². The molecule has 1 N–H and O–H groups in total. The van der Waals surface area contributed by atoms with Crippen molar-refractivity contribution in [1.29, 1.82) is 0 Å². The van der Waals surface area contributed by atoms with E-state index in [0.29, 0.717) is 24.9 Å². The largest absolute Gasteiger partial charge is 0.322 e. The topological polar surface area (TPSA) is 83.6 Å². The Morgan fingerprint density at radius 1 is 1.29 bits per heavy atom. The average molecular weight is 286 g/mol. The Labute approximate surface area is 121 Å². The van der Waals surface area contributed by atoms with Crippen LogP contribution in [0.1, 0.15) is 34.3 Å². The summed E-state index contributed by atoms with van der Waals surface area (Å²) in [6.45, 7) is 0.340. The van der Waals surface area contributed by atoms with Gasteiger partial charge in [0.05, 0.1) is 0 Å². The maximum atomic E-state index is 12.4. The van der Waals surface area contributed by atoms with Crippen molar-refractivity contribution < 1.29 is 19.2 Å². The number of fused-ring (bicyclic) bond motifs is 1. The van der Waals surface area contributed by atoms with Crippen LogP contribution < -0.4 is 5.32 Å². The number of nitrogens with zero attached hydrogens (tertiary/aromatic N) is 1. The fraction of sp³-hybridized carbons (Fsp3) is 0.333. The zero-order chi connectivity index (χ0) is 15.0. The SMILES string of the molecule is O=CCc1ccc2c(c1)CN(C1CCC(=O)NC1=O)C2=O. The Morgan fingerprint density at radius 3 is 2.81 bits per heavy atom. The molecule has 6 heteroatoms. The molecule has 0 aliphatic carbocycles. The van der Waals surface area contributed by atoms with Crippen molar-refractivity contribution >= 4 is 24.0 Å². The molecule has 108 valence electrons. The van der Waals surface area contributed by atoms with E-state index in [1.54, 1.807) is 12.1 Å². The summed E-state index contributed by atoms with van der Waals surface area (Å²) in [4.78, 5) is 47.5. The van der Waals surface area contributed by atoms with Crippen LogP contribution in [0.5, 0.6) is 0 Å². The zero-order valence-corrected chi connectivity index (χ0v) is 11.3. The lowest BCUT2D eigenvalue weighted by Crippen LogP contribution is -2.52. The van der Waals surface area contributed by atoms with Crippen LogP contribution in [0.4, 0.5) is 0 Å². The normalized spacial score (nSPS) is 21.2. The number of amides is 3. The van der Waals surface area contributed by atoms with Crippen LogP contribution in [-0.2, 0) is 27.3 Å². The average Bonchev–Trinajstić information content (AvgIpc) is 2.76. The minimum Gasteiger partial charge on any atom is -0.322 e. The van der Waals surface area contributed by atoms with Crippen molar-refractivity contribution in [2.24, 2.45) is 0 Å². The third kappa shape index (κ3) is 2.33. The minimum atomic E-state index is -0.600. The first-order chi connectivity index (χ1) is 10.1. The van der Waals surface area contributed by atoms with Crippen LogP contribution >= 0.6 is 0 Å². The van der Waals surface area contributed by atoms with Gasteiger partial charge in [-0.1, -0.05) is 12.1 Å². The van der Waals surface area contributed by atoms with Gasteiger partial charge in [0.1, 0.15) is 12.3 Å². The molecule has 0 spiro atoms. The van der Waals surface area contributed by atoms with Gasteiger partial charge in [0.15, 0.2) is 0 Å². The van der Waals surface area contributed by atoms with Crippen LogP contribution in [-0.4, -0.2) is 34.9 Å². The first-order valence-corrected chi connectivity index (χ1v) is 6.80. The van der Waals surface area contributed by atoms with E-state index in [-0.39, 0.29) is 18.2 Å². The molecule has 1 atom stereocenters. The number of nitrogens with one attached hydrogen (secondary N) is 1. The smallest absolute Gasteiger partial charge is 0.255 e. The fourth-order valence-electron chi connectivity index (χ4n) is 2.85. The molecule has 1 fully saturated rings. The van der Waals surface area contributed by atoms with Crippen LogP contribution in [0, 0.1) is 0 Å². The summed E-state index contributed by atoms with van der Waals surface area (Å²) in [5.74, 6) is -0.911. The molecular formula is C15H14N2O4. The molecule has 3 rings (SSSR count). The third-order valence-electron chi connectivity index (χ3n) is 3.91. The second-order valence-electron chi connectivity index (χ2n) is 5.26. The van der Waals surface area contributed by atoms with E-state index in [1.165, 1.54) is 4.90 Å². The van der Waals surface area contributed by atoms with Gasteiger partial charge in [0.2, 0.25) is 11.8 Å². The molecule has 1 unspecified atom stereocenters. The molecule has 6 nitrogen and oxygen atoms in total. The van der Waals surface area contributed by atoms with E-state index in [0.717, 1.165) is 17.4 Å². The second kappa shape index (κ2) is 5.12. The van der Waals surface area contributed by atoms with Crippen molar-refractivity contribution in [2.75, 3.05) is 0 Å². The first-order valence-electron chi connectivity index (χ1n) is 6.80. The van der Waals surface area contributed by atoms with E-state index in [1.807, 2.05) is 6.07 Å². The maximum absolute atomic E-state index is 12.4. The Balaban J connectivity index is 1.84. The molecule has 3 amide bonds. The van der Waals surface area contributed by atoms with Gasteiger partial charge in [-0.3, -0.25) is 19.7 Å². The molecule has 21 heavy (non-hydrogen) atoms. The van der Waals surface area contributed by atoms with E-state index in [9.17, 15) is 19.2 Å². The number of hydrogen-bond donors (Lipinski definition) is 1. The van der Waals surface area contributed by atoms with Gasteiger partial charge in [-0.15, -0.1) is 0 Å².